The fourth-order valence-electron chi connectivity index (χ4n) is 3.45. The van der Waals surface area contributed by atoms with Gasteiger partial charge in [0, 0.05) is 17.8 Å². The number of aromatic carboxylic acids is 1. The smallest absolute Gasteiger partial charge is 0.335 e. The lowest BCUT2D eigenvalue weighted by molar-refractivity contribution is -0.113. The van der Waals surface area contributed by atoms with Crippen molar-refractivity contribution >= 4 is 35.2 Å². The van der Waals surface area contributed by atoms with Crippen molar-refractivity contribution < 1.29 is 19.5 Å². The third-order valence-electron chi connectivity index (χ3n) is 5.33. The molecule has 2 aromatic carbocycles. The molecule has 188 valence electrons. The number of hydrogen-bond donors (Lipinski definition) is 3. The lowest BCUT2D eigenvalue weighted by Gasteiger charge is -2.22. The van der Waals surface area contributed by atoms with Crippen LogP contribution >= 0.6 is 11.8 Å². The molecular weight excluding hydrogens is 478 g/mol. The summed E-state index contributed by atoms with van der Waals surface area (Å²) in [6.45, 7) is 10.1. The Balaban J connectivity index is 1.74. The normalized spacial score (nSPS) is 11.7. The highest BCUT2D eigenvalue weighted by Crippen LogP contribution is 2.26. The van der Waals surface area contributed by atoms with Gasteiger partial charge in [0.05, 0.1) is 17.4 Å². The molecule has 1 atom stereocenters. The first-order valence-corrected chi connectivity index (χ1v) is 12.4. The molecule has 0 fully saturated rings. The zero-order valence-electron chi connectivity index (χ0n) is 20.4. The number of aromatic nitrogens is 3. The average molecular weight is 508 g/mol. The molecule has 0 radical (unpaired) electrons. The van der Waals surface area contributed by atoms with Gasteiger partial charge in [0.1, 0.15) is 0 Å². The first-order chi connectivity index (χ1) is 17.2. The number of carboxylic acid groups (broad SMARTS) is 1. The van der Waals surface area contributed by atoms with Crippen LogP contribution in [-0.4, -0.2) is 43.4 Å². The van der Waals surface area contributed by atoms with Crippen molar-refractivity contribution in [3.8, 4) is 0 Å². The van der Waals surface area contributed by atoms with Gasteiger partial charge in [0.2, 0.25) is 5.91 Å². The van der Waals surface area contributed by atoms with Crippen LogP contribution in [-0.2, 0) is 11.3 Å². The number of nitrogens with zero attached hydrogens (tertiary/aromatic N) is 3. The van der Waals surface area contributed by atoms with Crippen molar-refractivity contribution in [3.05, 3.63) is 83.7 Å². The summed E-state index contributed by atoms with van der Waals surface area (Å²) in [5.41, 5.74) is 2.10. The van der Waals surface area contributed by atoms with Crippen LogP contribution < -0.4 is 10.6 Å². The van der Waals surface area contributed by atoms with E-state index in [1.165, 1.54) is 23.9 Å². The van der Waals surface area contributed by atoms with E-state index in [1.54, 1.807) is 30.3 Å². The molecule has 0 aliphatic rings. The van der Waals surface area contributed by atoms with Crippen LogP contribution in [0.4, 0.5) is 5.69 Å². The second-order valence-electron chi connectivity index (χ2n) is 8.52. The SMILES string of the molecule is C=CCn1c(SCC(=O)Nc2cccc(C(=O)O)c2)nnc1[C@@H](NC(=O)c1ccc(C)cc1)C(C)C. The van der Waals surface area contributed by atoms with Gasteiger partial charge in [0.15, 0.2) is 11.0 Å². The van der Waals surface area contributed by atoms with Gasteiger partial charge < -0.3 is 20.3 Å². The number of carboxylic acids is 1. The van der Waals surface area contributed by atoms with E-state index in [0.29, 0.717) is 28.8 Å². The van der Waals surface area contributed by atoms with E-state index in [2.05, 4.69) is 27.4 Å². The van der Waals surface area contributed by atoms with Gasteiger partial charge in [-0.3, -0.25) is 9.59 Å². The van der Waals surface area contributed by atoms with Crippen LogP contribution in [0.3, 0.4) is 0 Å². The highest BCUT2D eigenvalue weighted by atomic mass is 32.2. The highest BCUT2D eigenvalue weighted by molar-refractivity contribution is 7.99. The topological polar surface area (TPSA) is 126 Å². The summed E-state index contributed by atoms with van der Waals surface area (Å²) < 4.78 is 1.83. The molecule has 9 nitrogen and oxygen atoms in total. The van der Waals surface area contributed by atoms with E-state index in [4.69, 9.17) is 5.11 Å². The minimum absolute atomic E-state index is 0.0230. The van der Waals surface area contributed by atoms with E-state index in [-0.39, 0.29) is 29.0 Å². The molecule has 0 saturated heterocycles. The molecular formula is C26H29N5O4S. The molecule has 0 bridgehead atoms. The fourth-order valence-corrected chi connectivity index (χ4v) is 4.21. The Hall–Kier alpha value is -3.92. The minimum atomic E-state index is -1.07. The Kier molecular flexibility index (Phi) is 9.02. The van der Waals surface area contributed by atoms with Gasteiger partial charge in [-0.05, 0) is 43.2 Å². The number of thioether (sulfide) groups is 1. The fraction of sp³-hybridized carbons (Fsp3) is 0.269. The average Bonchev–Trinajstić information content (AvgIpc) is 3.23. The van der Waals surface area contributed by atoms with Gasteiger partial charge in [0.25, 0.3) is 5.91 Å². The van der Waals surface area contributed by atoms with Crippen LogP contribution in [0, 0.1) is 12.8 Å². The monoisotopic (exact) mass is 507 g/mol. The van der Waals surface area contributed by atoms with Crippen LogP contribution in [0.5, 0.6) is 0 Å². The second-order valence-corrected chi connectivity index (χ2v) is 9.47. The summed E-state index contributed by atoms with van der Waals surface area (Å²) in [4.78, 5) is 36.5. The number of aryl methyl sites for hydroxylation is 1. The summed E-state index contributed by atoms with van der Waals surface area (Å²) in [6.07, 6.45) is 1.70. The summed E-state index contributed by atoms with van der Waals surface area (Å²) in [5, 5.41) is 24.0. The first kappa shape index (κ1) is 26.7. The molecule has 0 spiro atoms. The van der Waals surface area contributed by atoms with Gasteiger partial charge in [-0.25, -0.2) is 4.79 Å². The third-order valence-corrected chi connectivity index (χ3v) is 6.29. The Bertz CT molecular complexity index is 1250. The van der Waals surface area contributed by atoms with Crippen LogP contribution in [0.15, 0.2) is 66.3 Å². The van der Waals surface area contributed by atoms with E-state index < -0.39 is 12.0 Å². The number of allylic oxidation sites excluding steroid dienone is 1. The van der Waals surface area contributed by atoms with Crippen LogP contribution in [0.1, 0.15) is 52.0 Å². The Morgan fingerprint density at radius 3 is 2.47 bits per heavy atom. The standard InChI is InChI=1S/C26H29N5O4S/c1-5-13-31-23(22(16(2)3)28-24(33)18-11-9-17(4)10-12-18)29-30-26(31)36-15-21(32)27-20-8-6-7-19(14-20)25(34)35/h5-12,14,16,22H,1,13,15H2,2-4H3,(H,27,32)(H,28,33)(H,34,35)/t22-/m0/s1. The van der Waals surface area contributed by atoms with Crippen molar-refractivity contribution in [1.82, 2.24) is 20.1 Å². The van der Waals surface area contributed by atoms with E-state index in [9.17, 15) is 14.4 Å². The number of carbonyl (C=O) groups is 3. The minimum Gasteiger partial charge on any atom is -0.478 e. The summed E-state index contributed by atoms with van der Waals surface area (Å²) in [6, 6.07) is 13.0. The highest BCUT2D eigenvalue weighted by Gasteiger charge is 2.26. The van der Waals surface area contributed by atoms with Crippen molar-refractivity contribution in [2.75, 3.05) is 11.1 Å². The van der Waals surface area contributed by atoms with Crippen molar-refractivity contribution in [2.45, 2.75) is 38.5 Å². The molecule has 2 amide bonds. The maximum Gasteiger partial charge on any atom is 0.335 e. The van der Waals surface area contributed by atoms with E-state index >= 15 is 0 Å². The molecule has 36 heavy (non-hydrogen) atoms. The molecule has 1 aromatic heterocycles. The molecule has 1 heterocycles. The molecule has 3 rings (SSSR count). The second kappa shape index (κ2) is 12.2. The number of carbonyl (C=O) groups excluding carboxylic acids is 2. The van der Waals surface area contributed by atoms with Crippen molar-refractivity contribution in [1.29, 1.82) is 0 Å². The van der Waals surface area contributed by atoms with Gasteiger partial charge >= 0.3 is 5.97 Å². The van der Waals surface area contributed by atoms with Gasteiger partial charge in [-0.1, -0.05) is 55.4 Å². The zero-order valence-corrected chi connectivity index (χ0v) is 21.2. The lowest BCUT2D eigenvalue weighted by atomic mass is 10.0. The number of rotatable bonds is 11. The molecule has 3 aromatic rings. The molecule has 0 aliphatic heterocycles. The molecule has 3 N–H and O–H groups in total. The predicted octanol–water partition coefficient (Wildman–Crippen LogP) is 4.33. The summed E-state index contributed by atoms with van der Waals surface area (Å²) in [5.74, 6) is -0.962. The van der Waals surface area contributed by atoms with E-state index in [1.807, 2.05) is 37.5 Å². The first-order valence-electron chi connectivity index (χ1n) is 11.4. The van der Waals surface area contributed by atoms with Gasteiger partial charge in [-0.15, -0.1) is 16.8 Å². The van der Waals surface area contributed by atoms with Gasteiger partial charge in [-0.2, -0.15) is 0 Å². The lowest BCUT2D eigenvalue weighted by Crippen LogP contribution is -2.33. The molecule has 0 unspecified atom stereocenters. The number of amides is 2. The number of nitrogens with one attached hydrogen (secondary N) is 2. The maximum absolute atomic E-state index is 12.9. The predicted molar refractivity (Wildman–Crippen MR) is 139 cm³/mol. The number of hydrogen-bond acceptors (Lipinski definition) is 6. The summed E-state index contributed by atoms with van der Waals surface area (Å²) in [7, 11) is 0. The molecule has 0 aliphatic carbocycles. The Morgan fingerprint density at radius 1 is 1.11 bits per heavy atom. The Morgan fingerprint density at radius 2 is 1.83 bits per heavy atom. The number of benzene rings is 2. The van der Waals surface area contributed by atoms with E-state index in [0.717, 1.165) is 5.56 Å². The van der Waals surface area contributed by atoms with Crippen molar-refractivity contribution in [2.24, 2.45) is 5.92 Å². The third kappa shape index (κ3) is 6.82. The maximum atomic E-state index is 12.9. The molecule has 0 saturated carbocycles. The van der Waals surface area contributed by atoms with Crippen LogP contribution in [0.25, 0.3) is 0 Å². The Labute approximate surface area is 214 Å². The molecule has 10 heteroatoms. The largest absolute Gasteiger partial charge is 0.478 e. The van der Waals surface area contributed by atoms with Crippen LogP contribution in [0.2, 0.25) is 0 Å². The quantitative estimate of drug-likeness (QED) is 0.260. The zero-order chi connectivity index (χ0) is 26.2. The summed E-state index contributed by atoms with van der Waals surface area (Å²) >= 11 is 1.19. The number of anilines is 1. The van der Waals surface area contributed by atoms with Crippen molar-refractivity contribution in [3.63, 3.8) is 0 Å².